The second-order valence-electron chi connectivity index (χ2n) is 9.89. The molecular formula is C30H31N7O3. The van der Waals surface area contributed by atoms with E-state index in [0.29, 0.717) is 18.0 Å². The summed E-state index contributed by atoms with van der Waals surface area (Å²) < 4.78 is 14.3. The van der Waals surface area contributed by atoms with Crippen molar-refractivity contribution in [1.29, 1.82) is 0 Å². The molecule has 1 fully saturated rings. The van der Waals surface area contributed by atoms with Gasteiger partial charge in [-0.25, -0.2) is 9.97 Å². The summed E-state index contributed by atoms with van der Waals surface area (Å²) in [6.07, 6.45) is 8.08. The molecule has 0 spiro atoms. The highest BCUT2D eigenvalue weighted by atomic mass is 16.5. The Balaban J connectivity index is 1.13. The average molecular weight is 538 g/mol. The van der Waals surface area contributed by atoms with Crippen LogP contribution in [0.15, 0.2) is 84.0 Å². The highest BCUT2D eigenvalue weighted by Crippen LogP contribution is 2.28. The van der Waals surface area contributed by atoms with Gasteiger partial charge in [-0.2, -0.15) is 4.98 Å². The number of pyridine rings is 3. The third kappa shape index (κ3) is 5.33. The molecule has 2 atom stereocenters. The number of ether oxygens (including phenoxy) is 2. The van der Waals surface area contributed by atoms with Crippen molar-refractivity contribution in [2.45, 2.75) is 37.9 Å². The van der Waals surface area contributed by atoms with Gasteiger partial charge in [0, 0.05) is 24.3 Å². The number of hydrogen-bond acceptors (Lipinski definition) is 8. The minimum Gasteiger partial charge on any atom is -0.497 e. The molecule has 40 heavy (non-hydrogen) atoms. The Morgan fingerprint density at radius 2 is 1.68 bits per heavy atom. The Hall–Kier alpha value is -4.86. The maximum atomic E-state index is 12.3. The molecule has 0 saturated heterocycles. The molecule has 10 heteroatoms. The normalized spacial score (nSPS) is 16.6. The zero-order valence-electron chi connectivity index (χ0n) is 22.4. The molecule has 1 aliphatic rings. The molecule has 1 aromatic carbocycles. The van der Waals surface area contributed by atoms with Crippen LogP contribution >= 0.6 is 0 Å². The lowest BCUT2D eigenvalue weighted by molar-refractivity contribution is 0.411. The van der Waals surface area contributed by atoms with Crippen molar-refractivity contribution in [1.82, 2.24) is 24.1 Å². The zero-order chi connectivity index (χ0) is 27.5. The minimum absolute atomic E-state index is 0.138. The van der Waals surface area contributed by atoms with Gasteiger partial charge >= 0.3 is 0 Å². The molecule has 1 saturated carbocycles. The molecule has 0 unspecified atom stereocenters. The van der Waals surface area contributed by atoms with E-state index < -0.39 is 0 Å². The topological polar surface area (TPSA) is 108 Å². The van der Waals surface area contributed by atoms with Gasteiger partial charge in [-0.3, -0.25) is 9.36 Å². The molecular weight excluding hydrogens is 506 g/mol. The largest absolute Gasteiger partial charge is 0.497 e. The molecule has 1 aliphatic carbocycles. The van der Waals surface area contributed by atoms with E-state index in [0.717, 1.165) is 53.5 Å². The molecule has 204 valence electrons. The number of imidazole rings is 1. The van der Waals surface area contributed by atoms with E-state index in [2.05, 4.69) is 43.4 Å². The minimum atomic E-state index is -0.138. The van der Waals surface area contributed by atoms with Gasteiger partial charge in [0.1, 0.15) is 17.3 Å². The van der Waals surface area contributed by atoms with Gasteiger partial charge in [0.15, 0.2) is 5.65 Å². The van der Waals surface area contributed by atoms with Crippen LogP contribution in [-0.2, 0) is 6.54 Å². The molecule has 0 amide bonds. The van der Waals surface area contributed by atoms with Crippen LogP contribution in [0.2, 0.25) is 0 Å². The number of nitrogens with one attached hydrogen (secondary N) is 2. The number of nitrogens with zero attached hydrogens (tertiary/aromatic N) is 5. The van der Waals surface area contributed by atoms with Crippen molar-refractivity contribution in [2.75, 3.05) is 24.9 Å². The smallest absolute Gasteiger partial charge is 0.255 e. The average Bonchev–Trinajstić information content (AvgIpc) is 3.58. The van der Waals surface area contributed by atoms with E-state index in [1.807, 2.05) is 30.3 Å². The lowest BCUT2D eigenvalue weighted by atomic mass is 10.2. The third-order valence-corrected chi connectivity index (χ3v) is 7.29. The van der Waals surface area contributed by atoms with Crippen molar-refractivity contribution in [3.63, 3.8) is 0 Å². The van der Waals surface area contributed by atoms with Crippen molar-refractivity contribution in [3.05, 3.63) is 95.2 Å². The first-order chi connectivity index (χ1) is 19.6. The number of aromatic nitrogens is 5. The maximum Gasteiger partial charge on any atom is 0.255 e. The summed E-state index contributed by atoms with van der Waals surface area (Å²) in [5, 5.41) is 7.23. The van der Waals surface area contributed by atoms with E-state index in [1.165, 1.54) is 10.6 Å². The van der Waals surface area contributed by atoms with Crippen LogP contribution in [0.5, 0.6) is 11.5 Å². The summed E-state index contributed by atoms with van der Waals surface area (Å²) in [4.78, 5) is 26.1. The second-order valence-corrected chi connectivity index (χ2v) is 9.89. The van der Waals surface area contributed by atoms with Crippen molar-refractivity contribution >= 4 is 22.9 Å². The Labute approximate surface area is 231 Å². The maximum absolute atomic E-state index is 12.3. The lowest BCUT2D eigenvalue weighted by Gasteiger charge is -2.17. The Morgan fingerprint density at radius 1 is 0.900 bits per heavy atom. The van der Waals surface area contributed by atoms with Gasteiger partial charge in [-0.15, -0.1) is 0 Å². The van der Waals surface area contributed by atoms with Crippen LogP contribution in [0.3, 0.4) is 0 Å². The van der Waals surface area contributed by atoms with Crippen molar-refractivity contribution < 1.29 is 9.47 Å². The number of methoxy groups -OCH3 is 2. The standard InChI is InChI=1S/C30H31N7O3/c1-39-24-10-5-20(6-11-24)18-37-26-4-3-15-31-29(26)35-30(37)34-22-8-7-21(16-22)33-27-13-9-23(17-32-27)36-19-25(40-2)12-14-28(36)38/h3-6,9-15,17,19,21-22H,7-8,16,18H2,1-2H3,(H,32,33)(H,31,34,35)/t21-,22-/m0/s1. The summed E-state index contributed by atoms with van der Waals surface area (Å²) in [5.41, 5.74) is 3.42. The molecule has 6 rings (SSSR count). The number of fused-ring (bicyclic) bond motifs is 1. The van der Waals surface area contributed by atoms with Crippen LogP contribution in [0.4, 0.5) is 11.8 Å². The van der Waals surface area contributed by atoms with Gasteiger partial charge in [0.05, 0.1) is 44.4 Å². The van der Waals surface area contributed by atoms with Crippen LogP contribution in [0.1, 0.15) is 24.8 Å². The van der Waals surface area contributed by atoms with Crippen molar-refractivity contribution in [3.8, 4) is 17.2 Å². The monoisotopic (exact) mass is 537 g/mol. The lowest BCUT2D eigenvalue weighted by Crippen LogP contribution is -2.23. The van der Waals surface area contributed by atoms with Gasteiger partial charge < -0.3 is 24.7 Å². The van der Waals surface area contributed by atoms with E-state index in [1.54, 1.807) is 38.9 Å². The second kappa shape index (κ2) is 11.1. The van der Waals surface area contributed by atoms with Crippen LogP contribution < -0.4 is 25.7 Å². The van der Waals surface area contributed by atoms with Gasteiger partial charge in [0.2, 0.25) is 5.95 Å². The molecule has 0 aliphatic heterocycles. The fourth-order valence-electron chi connectivity index (χ4n) is 5.18. The molecule has 0 bridgehead atoms. The molecule has 2 N–H and O–H groups in total. The SMILES string of the molecule is COc1ccc(Cn2c(N[C@H]3CC[C@H](Nc4ccc(-n5cc(OC)ccc5=O)cn4)C3)nc3ncccc32)cc1. The highest BCUT2D eigenvalue weighted by molar-refractivity contribution is 5.74. The van der Waals surface area contributed by atoms with E-state index >= 15 is 0 Å². The number of rotatable bonds is 9. The molecule has 4 aromatic heterocycles. The molecule has 5 aromatic rings. The Morgan fingerprint density at radius 3 is 2.42 bits per heavy atom. The third-order valence-electron chi connectivity index (χ3n) is 7.29. The summed E-state index contributed by atoms with van der Waals surface area (Å²) >= 11 is 0. The fourth-order valence-corrected chi connectivity index (χ4v) is 5.18. The van der Waals surface area contributed by atoms with Crippen LogP contribution in [0.25, 0.3) is 16.9 Å². The Bertz CT molecular complexity index is 1660. The molecule has 10 nitrogen and oxygen atoms in total. The van der Waals surface area contributed by atoms with E-state index in [9.17, 15) is 4.79 Å². The van der Waals surface area contributed by atoms with Gasteiger partial charge in [0.25, 0.3) is 5.56 Å². The summed E-state index contributed by atoms with van der Waals surface area (Å²) in [5.74, 6) is 3.05. The van der Waals surface area contributed by atoms with E-state index in [4.69, 9.17) is 14.5 Å². The number of hydrogen-bond donors (Lipinski definition) is 2. The Kier molecular flexibility index (Phi) is 7.05. The fraction of sp³-hybridized carbons (Fsp3) is 0.267. The van der Waals surface area contributed by atoms with Crippen molar-refractivity contribution in [2.24, 2.45) is 0 Å². The van der Waals surface area contributed by atoms with Gasteiger partial charge in [-0.05, 0) is 67.3 Å². The summed E-state index contributed by atoms with van der Waals surface area (Å²) in [6.45, 7) is 0.676. The summed E-state index contributed by atoms with van der Waals surface area (Å²) in [6, 6.07) is 19.5. The number of benzene rings is 1. The van der Waals surface area contributed by atoms with E-state index in [-0.39, 0.29) is 17.6 Å². The molecule has 0 radical (unpaired) electrons. The first-order valence-corrected chi connectivity index (χ1v) is 13.3. The van der Waals surface area contributed by atoms with Crippen LogP contribution in [-0.4, -0.2) is 50.4 Å². The quantitative estimate of drug-likeness (QED) is 0.283. The first kappa shape index (κ1) is 25.4. The summed E-state index contributed by atoms with van der Waals surface area (Å²) in [7, 11) is 3.25. The highest BCUT2D eigenvalue weighted by Gasteiger charge is 2.26. The molecule has 4 heterocycles. The predicted molar refractivity (Wildman–Crippen MR) is 155 cm³/mol. The van der Waals surface area contributed by atoms with Crippen LogP contribution in [0, 0.1) is 0 Å². The zero-order valence-corrected chi connectivity index (χ0v) is 22.4. The first-order valence-electron chi connectivity index (χ1n) is 13.3. The number of anilines is 2. The van der Waals surface area contributed by atoms with Gasteiger partial charge in [-0.1, -0.05) is 12.1 Å². The predicted octanol–water partition coefficient (Wildman–Crippen LogP) is 4.49.